The molecule has 1 aliphatic carbocycles. The summed E-state index contributed by atoms with van der Waals surface area (Å²) in [5.74, 6) is 0.906. The first-order valence-corrected chi connectivity index (χ1v) is 7.76. The monoisotopic (exact) mass is 285 g/mol. The minimum absolute atomic E-state index is 0.195. The van der Waals surface area contributed by atoms with Gasteiger partial charge in [-0.15, -0.1) is 0 Å². The van der Waals surface area contributed by atoms with Crippen LogP contribution in [0.25, 0.3) is 11.3 Å². The Balaban J connectivity index is 1.78. The average Bonchev–Trinajstić information content (AvgIpc) is 3.02. The van der Waals surface area contributed by atoms with E-state index in [9.17, 15) is 5.11 Å². The molecule has 0 amide bonds. The zero-order chi connectivity index (χ0) is 14.7. The molecular formula is C18H23NO2. The topological polar surface area (TPSA) is 36.6 Å². The lowest BCUT2D eigenvalue weighted by Crippen LogP contribution is -2.42. The molecule has 0 radical (unpaired) electrons. The standard InChI is InChI=1S/C18H23NO2/c1-19(16-9-4-5-10-17(16)20)13-14-7-2-3-8-15(14)18-11-6-12-21-18/h2-3,6-8,11-12,16-17,20H,4-5,9-10,13H2,1H3/t16-,17+/m1/s1. The Morgan fingerprint density at radius 2 is 1.95 bits per heavy atom. The summed E-state index contributed by atoms with van der Waals surface area (Å²) < 4.78 is 5.54. The molecular weight excluding hydrogens is 262 g/mol. The summed E-state index contributed by atoms with van der Waals surface area (Å²) in [6.45, 7) is 0.832. The molecule has 2 atom stereocenters. The number of rotatable bonds is 4. The highest BCUT2D eigenvalue weighted by Gasteiger charge is 2.26. The molecule has 3 heteroatoms. The van der Waals surface area contributed by atoms with Crippen molar-refractivity contribution >= 4 is 0 Å². The maximum atomic E-state index is 10.2. The molecule has 0 bridgehead atoms. The Morgan fingerprint density at radius 3 is 2.71 bits per heavy atom. The van der Waals surface area contributed by atoms with Crippen LogP contribution in [0.15, 0.2) is 47.1 Å². The van der Waals surface area contributed by atoms with Crippen LogP contribution >= 0.6 is 0 Å². The molecule has 0 saturated heterocycles. The Bertz CT molecular complexity index is 564. The molecule has 112 valence electrons. The fourth-order valence-electron chi connectivity index (χ4n) is 3.32. The van der Waals surface area contributed by atoms with Crippen molar-refractivity contribution in [1.29, 1.82) is 0 Å². The Hall–Kier alpha value is -1.58. The molecule has 21 heavy (non-hydrogen) atoms. The SMILES string of the molecule is CN(Cc1ccccc1-c1ccco1)[C@@H]1CCCC[C@@H]1O. The largest absolute Gasteiger partial charge is 0.464 e. The molecule has 1 aromatic carbocycles. The Kier molecular flexibility index (Phi) is 4.42. The normalized spacial score (nSPS) is 22.6. The maximum Gasteiger partial charge on any atom is 0.134 e. The van der Waals surface area contributed by atoms with Gasteiger partial charge in [-0.25, -0.2) is 0 Å². The zero-order valence-corrected chi connectivity index (χ0v) is 12.5. The van der Waals surface area contributed by atoms with E-state index >= 15 is 0 Å². The number of benzene rings is 1. The molecule has 1 heterocycles. The van der Waals surface area contributed by atoms with Crippen molar-refractivity contribution in [2.75, 3.05) is 7.05 Å². The lowest BCUT2D eigenvalue weighted by Gasteiger charge is -2.35. The minimum atomic E-state index is -0.195. The molecule has 1 aliphatic rings. The highest BCUT2D eigenvalue weighted by Crippen LogP contribution is 2.28. The van der Waals surface area contributed by atoms with E-state index in [1.807, 2.05) is 18.2 Å². The van der Waals surface area contributed by atoms with Crippen LogP contribution in [-0.4, -0.2) is 29.2 Å². The first-order valence-electron chi connectivity index (χ1n) is 7.76. The molecule has 0 unspecified atom stereocenters. The van der Waals surface area contributed by atoms with Crippen molar-refractivity contribution in [2.45, 2.75) is 44.4 Å². The van der Waals surface area contributed by atoms with Crippen LogP contribution in [0.4, 0.5) is 0 Å². The van der Waals surface area contributed by atoms with Gasteiger partial charge in [0.15, 0.2) is 0 Å². The van der Waals surface area contributed by atoms with Gasteiger partial charge in [-0.1, -0.05) is 37.1 Å². The van der Waals surface area contributed by atoms with E-state index in [1.54, 1.807) is 6.26 Å². The molecule has 1 fully saturated rings. The fraction of sp³-hybridized carbons (Fsp3) is 0.444. The molecule has 0 aliphatic heterocycles. The predicted octanol–water partition coefficient (Wildman–Crippen LogP) is 3.68. The van der Waals surface area contributed by atoms with E-state index in [4.69, 9.17) is 4.42 Å². The van der Waals surface area contributed by atoms with Gasteiger partial charge in [0.05, 0.1) is 12.4 Å². The first-order chi connectivity index (χ1) is 10.3. The second-order valence-electron chi connectivity index (χ2n) is 5.97. The lowest BCUT2D eigenvalue weighted by molar-refractivity contribution is 0.0289. The third-order valence-corrected chi connectivity index (χ3v) is 4.48. The summed E-state index contributed by atoms with van der Waals surface area (Å²) >= 11 is 0. The van der Waals surface area contributed by atoms with Gasteiger partial charge in [0.1, 0.15) is 5.76 Å². The average molecular weight is 285 g/mol. The van der Waals surface area contributed by atoms with Crippen molar-refractivity contribution < 1.29 is 9.52 Å². The van der Waals surface area contributed by atoms with Crippen LogP contribution in [-0.2, 0) is 6.54 Å². The minimum Gasteiger partial charge on any atom is -0.464 e. The third-order valence-electron chi connectivity index (χ3n) is 4.48. The highest BCUT2D eigenvalue weighted by molar-refractivity contribution is 5.61. The van der Waals surface area contributed by atoms with Crippen LogP contribution in [0.1, 0.15) is 31.2 Å². The van der Waals surface area contributed by atoms with E-state index in [-0.39, 0.29) is 12.1 Å². The molecule has 1 aromatic heterocycles. The van der Waals surface area contributed by atoms with E-state index in [0.29, 0.717) is 0 Å². The van der Waals surface area contributed by atoms with Crippen molar-refractivity contribution in [3.63, 3.8) is 0 Å². The number of aliphatic hydroxyl groups excluding tert-OH is 1. The number of nitrogens with zero attached hydrogens (tertiary/aromatic N) is 1. The van der Waals surface area contributed by atoms with Crippen LogP contribution in [0, 0.1) is 0 Å². The van der Waals surface area contributed by atoms with Gasteiger partial charge in [-0.3, -0.25) is 4.90 Å². The van der Waals surface area contributed by atoms with Crippen molar-refractivity contribution in [2.24, 2.45) is 0 Å². The molecule has 3 rings (SSSR count). The molecule has 3 nitrogen and oxygen atoms in total. The first kappa shape index (κ1) is 14.4. The zero-order valence-electron chi connectivity index (χ0n) is 12.5. The van der Waals surface area contributed by atoms with Gasteiger partial charge in [-0.05, 0) is 37.6 Å². The van der Waals surface area contributed by atoms with E-state index < -0.39 is 0 Å². The highest BCUT2D eigenvalue weighted by atomic mass is 16.3. The second-order valence-corrected chi connectivity index (χ2v) is 5.97. The van der Waals surface area contributed by atoms with E-state index in [0.717, 1.165) is 37.1 Å². The van der Waals surface area contributed by atoms with Crippen molar-refractivity contribution in [3.05, 3.63) is 48.2 Å². The quantitative estimate of drug-likeness (QED) is 0.931. The molecule has 2 aromatic rings. The van der Waals surface area contributed by atoms with Gasteiger partial charge in [0.2, 0.25) is 0 Å². The predicted molar refractivity (Wildman–Crippen MR) is 83.9 cm³/mol. The maximum absolute atomic E-state index is 10.2. The van der Waals surface area contributed by atoms with E-state index in [2.05, 4.69) is 30.1 Å². The molecule has 1 saturated carbocycles. The molecule has 1 N–H and O–H groups in total. The third kappa shape index (κ3) is 3.20. The lowest BCUT2D eigenvalue weighted by atomic mass is 9.91. The van der Waals surface area contributed by atoms with Gasteiger partial charge >= 0.3 is 0 Å². The Labute approximate surface area is 126 Å². The van der Waals surface area contributed by atoms with Gasteiger partial charge in [0.25, 0.3) is 0 Å². The summed E-state index contributed by atoms with van der Waals surface area (Å²) in [6, 6.07) is 12.5. The summed E-state index contributed by atoms with van der Waals surface area (Å²) in [5, 5.41) is 10.2. The number of aliphatic hydroxyl groups is 1. The molecule has 0 spiro atoms. The van der Waals surface area contributed by atoms with E-state index in [1.165, 1.54) is 12.0 Å². The summed E-state index contributed by atoms with van der Waals surface area (Å²) in [5.41, 5.74) is 2.38. The van der Waals surface area contributed by atoms with Gasteiger partial charge < -0.3 is 9.52 Å². The van der Waals surface area contributed by atoms with Crippen LogP contribution < -0.4 is 0 Å². The van der Waals surface area contributed by atoms with Gasteiger partial charge in [0, 0.05) is 18.2 Å². The van der Waals surface area contributed by atoms with Crippen LogP contribution in [0.2, 0.25) is 0 Å². The number of likely N-dealkylation sites (N-methyl/N-ethyl adjacent to an activating group) is 1. The fourth-order valence-corrected chi connectivity index (χ4v) is 3.32. The van der Waals surface area contributed by atoms with Gasteiger partial charge in [-0.2, -0.15) is 0 Å². The van der Waals surface area contributed by atoms with Crippen molar-refractivity contribution in [1.82, 2.24) is 4.90 Å². The summed E-state index contributed by atoms with van der Waals surface area (Å²) in [4.78, 5) is 2.28. The smallest absolute Gasteiger partial charge is 0.134 e. The van der Waals surface area contributed by atoms with Crippen LogP contribution in [0.3, 0.4) is 0 Å². The summed E-state index contributed by atoms with van der Waals surface area (Å²) in [7, 11) is 2.11. The number of hydrogen-bond acceptors (Lipinski definition) is 3. The summed E-state index contributed by atoms with van der Waals surface area (Å²) in [6.07, 6.45) is 5.89. The van der Waals surface area contributed by atoms with Crippen LogP contribution in [0.5, 0.6) is 0 Å². The second kappa shape index (κ2) is 6.46. The van der Waals surface area contributed by atoms with Crippen molar-refractivity contribution in [3.8, 4) is 11.3 Å². The number of hydrogen-bond donors (Lipinski definition) is 1. The number of furan rings is 1. The Morgan fingerprint density at radius 1 is 1.14 bits per heavy atom.